The Labute approximate surface area is 153 Å². The van der Waals surface area contributed by atoms with Crippen LogP contribution >= 0.6 is 0 Å². The first-order valence-corrected chi connectivity index (χ1v) is 8.52. The van der Waals surface area contributed by atoms with Crippen molar-refractivity contribution in [1.82, 2.24) is 10.6 Å². The van der Waals surface area contributed by atoms with Crippen molar-refractivity contribution >= 4 is 17.5 Å². The summed E-state index contributed by atoms with van der Waals surface area (Å²) in [5.74, 6) is 0.536. The summed E-state index contributed by atoms with van der Waals surface area (Å²) in [4.78, 5) is 23.9. The van der Waals surface area contributed by atoms with Crippen LogP contribution in [0.4, 0.5) is 5.69 Å². The maximum absolute atomic E-state index is 12.0. The molecular weight excluding hydrogens is 330 g/mol. The molecule has 26 heavy (non-hydrogen) atoms. The van der Waals surface area contributed by atoms with Crippen LogP contribution < -0.4 is 20.7 Å². The zero-order valence-corrected chi connectivity index (χ0v) is 15.3. The topological polar surface area (TPSA) is 79.5 Å². The van der Waals surface area contributed by atoms with Crippen molar-refractivity contribution in [2.45, 2.75) is 26.4 Å². The van der Waals surface area contributed by atoms with Crippen molar-refractivity contribution in [3.63, 3.8) is 0 Å². The molecule has 0 heterocycles. The molecule has 0 saturated carbocycles. The Hall–Kier alpha value is -2.86. The van der Waals surface area contributed by atoms with Gasteiger partial charge < -0.3 is 20.7 Å². The molecule has 0 spiro atoms. The lowest BCUT2D eigenvalue weighted by molar-refractivity contribution is -0.115. The third kappa shape index (κ3) is 6.22. The molecule has 3 N–H and O–H groups in total. The lowest BCUT2D eigenvalue weighted by Crippen LogP contribution is -2.30. The van der Waals surface area contributed by atoms with Gasteiger partial charge in [-0.1, -0.05) is 12.1 Å². The number of rotatable bonds is 8. The van der Waals surface area contributed by atoms with Gasteiger partial charge >= 0.3 is 0 Å². The van der Waals surface area contributed by atoms with Crippen LogP contribution in [0.3, 0.4) is 0 Å². The fraction of sp³-hybridized carbons (Fsp3) is 0.300. The highest BCUT2D eigenvalue weighted by molar-refractivity contribution is 5.96. The van der Waals surface area contributed by atoms with Gasteiger partial charge in [-0.15, -0.1) is 0 Å². The molecule has 0 bridgehead atoms. The normalized spacial score (nSPS) is 10.5. The van der Waals surface area contributed by atoms with E-state index < -0.39 is 0 Å². The first-order valence-electron chi connectivity index (χ1n) is 8.52. The lowest BCUT2D eigenvalue weighted by Gasteiger charge is -2.10. The van der Waals surface area contributed by atoms with Gasteiger partial charge in [-0.2, -0.15) is 0 Å². The standard InChI is InChI=1S/C20H25N3O3/c1-14(2)22-20(25)16-6-8-17(9-7-16)23-19(24)13-21-12-15-4-10-18(26-3)11-5-15/h4-11,14,21H,12-13H2,1-3H3,(H,22,25)(H,23,24). The number of hydrogen-bond acceptors (Lipinski definition) is 4. The molecule has 2 amide bonds. The number of carbonyl (C=O) groups is 2. The predicted octanol–water partition coefficient (Wildman–Crippen LogP) is 2.56. The maximum Gasteiger partial charge on any atom is 0.251 e. The molecule has 2 aromatic carbocycles. The van der Waals surface area contributed by atoms with E-state index >= 15 is 0 Å². The average Bonchev–Trinajstić information content (AvgIpc) is 2.62. The number of benzene rings is 2. The highest BCUT2D eigenvalue weighted by Crippen LogP contribution is 2.11. The van der Waals surface area contributed by atoms with E-state index in [-0.39, 0.29) is 24.4 Å². The van der Waals surface area contributed by atoms with Crippen LogP contribution in [0.5, 0.6) is 5.75 Å². The molecule has 0 aliphatic rings. The second-order valence-electron chi connectivity index (χ2n) is 6.21. The zero-order valence-electron chi connectivity index (χ0n) is 15.3. The minimum Gasteiger partial charge on any atom is -0.497 e. The minimum absolute atomic E-state index is 0.0821. The Kier molecular flexibility index (Phi) is 7.17. The van der Waals surface area contributed by atoms with Gasteiger partial charge in [0, 0.05) is 23.8 Å². The monoisotopic (exact) mass is 355 g/mol. The fourth-order valence-corrected chi connectivity index (χ4v) is 2.32. The molecule has 0 aliphatic carbocycles. The van der Waals surface area contributed by atoms with E-state index in [1.165, 1.54) is 0 Å². The van der Waals surface area contributed by atoms with Gasteiger partial charge in [-0.3, -0.25) is 9.59 Å². The van der Waals surface area contributed by atoms with Crippen molar-refractivity contribution < 1.29 is 14.3 Å². The maximum atomic E-state index is 12.0. The fourth-order valence-electron chi connectivity index (χ4n) is 2.32. The quantitative estimate of drug-likeness (QED) is 0.680. The molecule has 2 aromatic rings. The van der Waals surface area contributed by atoms with Gasteiger partial charge in [-0.05, 0) is 55.8 Å². The largest absolute Gasteiger partial charge is 0.497 e. The second-order valence-corrected chi connectivity index (χ2v) is 6.21. The average molecular weight is 355 g/mol. The van der Waals surface area contributed by atoms with E-state index in [0.29, 0.717) is 17.8 Å². The van der Waals surface area contributed by atoms with Crippen LogP contribution in [-0.2, 0) is 11.3 Å². The predicted molar refractivity (Wildman–Crippen MR) is 102 cm³/mol. The SMILES string of the molecule is COc1ccc(CNCC(=O)Nc2ccc(C(=O)NC(C)C)cc2)cc1. The Morgan fingerprint density at radius 1 is 1.00 bits per heavy atom. The van der Waals surface area contributed by atoms with Gasteiger partial charge in [0.25, 0.3) is 5.91 Å². The van der Waals surface area contributed by atoms with Gasteiger partial charge in [0.15, 0.2) is 0 Å². The van der Waals surface area contributed by atoms with Gasteiger partial charge in [0.1, 0.15) is 5.75 Å². The molecule has 2 rings (SSSR count). The van der Waals surface area contributed by atoms with Gasteiger partial charge in [0.05, 0.1) is 13.7 Å². The summed E-state index contributed by atoms with van der Waals surface area (Å²) in [6, 6.07) is 14.6. The van der Waals surface area contributed by atoms with Crippen LogP contribution in [0.2, 0.25) is 0 Å². The molecular formula is C20H25N3O3. The molecule has 6 heteroatoms. The number of methoxy groups -OCH3 is 1. The van der Waals surface area contributed by atoms with Gasteiger partial charge in [0.2, 0.25) is 5.91 Å². The Morgan fingerprint density at radius 3 is 2.23 bits per heavy atom. The van der Waals surface area contributed by atoms with E-state index in [4.69, 9.17) is 4.74 Å². The van der Waals surface area contributed by atoms with E-state index in [1.54, 1.807) is 31.4 Å². The Morgan fingerprint density at radius 2 is 1.65 bits per heavy atom. The van der Waals surface area contributed by atoms with E-state index in [1.807, 2.05) is 38.1 Å². The zero-order chi connectivity index (χ0) is 18.9. The molecule has 0 aliphatic heterocycles. The van der Waals surface area contributed by atoms with Crippen molar-refractivity contribution in [1.29, 1.82) is 0 Å². The third-order valence-electron chi connectivity index (χ3n) is 3.62. The number of carbonyl (C=O) groups excluding carboxylic acids is 2. The molecule has 0 saturated heterocycles. The lowest BCUT2D eigenvalue weighted by atomic mass is 10.2. The van der Waals surface area contributed by atoms with E-state index in [2.05, 4.69) is 16.0 Å². The van der Waals surface area contributed by atoms with Crippen molar-refractivity contribution in [2.75, 3.05) is 19.0 Å². The van der Waals surface area contributed by atoms with Crippen molar-refractivity contribution in [3.05, 3.63) is 59.7 Å². The van der Waals surface area contributed by atoms with Crippen LogP contribution in [-0.4, -0.2) is 31.5 Å². The summed E-state index contributed by atoms with van der Waals surface area (Å²) in [6.07, 6.45) is 0. The van der Waals surface area contributed by atoms with Crippen molar-refractivity contribution in [3.8, 4) is 5.75 Å². The Balaban J connectivity index is 1.77. The van der Waals surface area contributed by atoms with Crippen LogP contribution in [0.15, 0.2) is 48.5 Å². The van der Waals surface area contributed by atoms with Crippen LogP contribution in [0.1, 0.15) is 29.8 Å². The Bertz CT molecular complexity index is 725. The summed E-state index contributed by atoms with van der Waals surface area (Å²) in [5.41, 5.74) is 2.29. The number of ether oxygens (including phenoxy) is 1. The molecule has 0 atom stereocenters. The second kappa shape index (κ2) is 9.58. The number of nitrogens with one attached hydrogen (secondary N) is 3. The minimum atomic E-state index is -0.141. The summed E-state index contributed by atoms with van der Waals surface area (Å²) in [5, 5.41) is 8.72. The molecule has 6 nitrogen and oxygen atoms in total. The summed E-state index contributed by atoms with van der Waals surface area (Å²) in [6.45, 7) is 4.60. The van der Waals surface area contributed by atoms with Gasteiger partial charge in [-0.25, -0.2) is 0 Å². The molecule has 0 radical (unpaired) electrons. The number of anilines is 1. The first-order chi connectivity index (χ1) is 12.5. The molecule has 0 aromatic heterocycles. The molecule has 0 unspecified atom stereocenters. The third-order valence-corrected chi connectivity index (χ3v) is 3.62. The summed E-state index contributed by atoms with van der Waals surface area (Å²) >= 11 is 0. The van der Waals surface area contributed by atoms with Crippen molar-refractivity contribution in [2.24, 2.45) is 0 Å². The number of amides is 2. The van der Waals surface area contributed by atoms with Crippen LogP contribution in [0, 0.1) is 0 Å². The number of hydrogen-bond donors (Lipinski definition) is 3. The summed E-state index contributed by atoms with van der Waals surface area (Å²) in [7, 11) is 1.63. The molecule has 138 valence electrons. The molecule has 0 fully saturated rings. The summed E-state index contributed by atoms with van der Waals surface area (Å²) < 4.78 is 5.11. The van der Waals surface area contributed by atoms with Crippen LogP contribution in [0.25, 0.3) is 0 Å². The smallest absolute Gasteiger partial charge is 0.251 e. The first kappa shape index (κ1) is 19.5. The van der Waals surface area contributed by atoms with E-state index in [0.717, 1.165) is 11.3 Å². The highest BCUT2D eigenvalue weighted by atomic mass is 16.5. The highest BCUT2D eigenvalue weighted by Gasteiger charge is 2.07. The van der Waals surface area contributed by atoms with E-state index in [9.17, 15) is 9.59 Å².